The number of carbonyl (C=O) groups is 3. The van der Waals surface area contributed by atoms with E-state index in [9.17, 15) is 14.4 Å². The Morgan fingerprint density at radius 1 is 1.12 bits per heavy atom. The molecule has 1 atom stereocenters. The average Bonchev–Trinajstić information content (AvgIpc) is 2.70. The van der Waals surface area contributed by atoms with Crippen LogP contribution >= 0.6 is 0 Å². The zero-order valence-corrected chi connectivity index (χ0v) is 20.0. The van der Waals surface area contributed by atoms with Crippen LogP contribution in [0.1, 0.15) is 47.5 Å². The van der Waals surface area contributed by atoms with E-state index in [0.29, 0.717) is 19.6 Å². The van der Waals surface area contributed by atoms with E-state index in [4.69, 9.17) is 4.74 Å². The number of rotatable bonds is 8. The van der Waals surface area contributed by atoms with Crippen molar-refractivity contribution in [3.05, 3.63) is 30.3 Å². The van der Waals surface area contributed by atoms with Crippen molar-refractivity contribution in [2.75, 3.05) is 37.6 Å². The van der Waals surface area contributed by atoms with E-state index >= 15 is 0 Å². The van der Waals surface area contributed by atoms with E-state index in [0.717, 1.165) is 25.1 Å². The van der Waals surface area contributed by atoms with E-state index in [-0.39, 0.29) is 30.3 Å². The third-order valence-electron chi connectivity index (χ3n) is 5.15. The summed E-state index contributed by atoms with van der Waals surface area (Å²) in [7, 11) is 0. The van der Waals surface area contributed by atoms with Gasteiger partial charge in [0.2, 0.25) is 11.8 Å². The van der Waals surface area contributed by atoms with Crippen LogP contribution in [0.3, 0.4) is 0 Å². The van der Waals surface area contributed by atoms with Gasteiger partial charge in [-0.25, -0.2) is 4.79 Å². The van der Waals surface area contributed by atoms with Crippen molar-refractivity contribution in [3.8, 4) is 0 Å². The molecule has 3 amide bonds. The first-order chi connectivity index (χ1) is 15.1. The summed E-state index contributed by atoms with van der Waals surface area (Å²) in [6.45, 7) is 11.7. The lowest BCUT2D eigenvalue weighted by Crippen LogP contribution is -2.49. The van der Waals surface area contributed by atoms with Crippen LogP contribution in [0.4, 0.5) is 10.5 Å². The molecule has 1 aromatic carbocycles. The van der Waals surface area contributed by atoms with Crippen molar-refractivity contribution in [1.29, 1.82) is 0 Å². The molecule has 178 valence electrons. The molecule has 0 saturated carbocycles. The lowest BCUT2D eigenvalue weighted by Gasteiger charge is -2.34. The number of likely N-dealkylation sites (tertiary alicyclic amines) is 1. The Bertz CT molecular complexity index is 761. The number of hydrogen-bond acceptors (Lipinski definition) is 5. The van der Waals surface area contributed by atoms with Gasteiger partial charge in [-0.3, -0.25) is 14.5 Å². The van der Waals surface area contributed by atoms with Gasteiger partial charge >= 0.3 is 6.09 Å². The molecule has 1 heterocycles. The minimum Gasteiger partial charge on any atom is -0.444 e. The maximum atomic E-state index is 13.0. The fraction of sp³-hybridized carbons (Fsp3) is 0.625. The van der Waals surface area contributed by atoms with Gasteiger partial charge in [-0.15, -0.1) is 0 Å². The lowest BCUT2D eigenvalue weighted by molar-refractivity contribution is -0.128. The first-order valence-corrected chi connectivity index (χ1v) is 11.4. The number of carbonyl (C=O) groups excluding carboxylic acids is 3. The minimum absolute atomic E-state index is 0.0359. The molecule has 32 heavy (non-hydrogen) atoms. The zero-order valence-electron chi connectivity index (χ0n) is 20.0. The van der Waals surface area contributed by atoms with Gasteiger partial charge in [-0.2, -0.15) is 0 Å². The molecule has 1 fully saturated rings. The SMILES string of the molecule is CC(C)N(C(=O)CN1CCCC(C(=O)NCCNC(=O)OC(C)(C)C)C1)c1ccccc1. The van der Waals surface area contributed by atoms with Crippen LogP contribution in [-0.4, -0.2) is 67.2 Å². The Morgan fingerprint density at radius 2 is 1.78 bits per heavy atom. The molecule has 1 unspecified atom stereocenters. The third kappa shape index (κ3) is 8.49. The summed E-state index contributed by atoms with van der Waals surface area (Å²) in [4.78, 5) is 41.2. The van der Waals surface area contributed by atoms with Crippen molar-refractivity contribution in [3.63, 3.8) is 0 Å². The highest BCUT2D eigenvalue weighted by Crippen LogP contribution is 2.20. The summed E-state index contributed by atoms with van der Waals surface area (Å²) in [5, 5.41) is 5.51. The molecule has 0 aliphatic carbocycles. The van der Waals surface area contributed by atoms with E-state index in [1.165, 1.54) is 0 Å². The Labute approximate surface area is 191 Å². The zero-order chi connectivity index (χ0) is 23.7. The second-order valence-corrected chi connectivity index (χ2v) is 9.49. The second-order valence-electron chi connectivity index (χ2n) is 9.49. The molecule has 0 bridgehead atoms. The maximum Gasteiger partial charge on any atom is 0.407 e. The quantitative estimate of drug-likeness (QED) is 0.599. The molecule has 8 nitrogen and oxygen atoms in total. The van der Waals surface area contributed by atoms with Gasteiger partial charge in [-0.05, 0) is 66.1 Å². The normalized spacial score (nSPS) is 17.0. The largest absolute Gasteiger partial charge is 0.444 e. The number of hydrogen-bond donors (Lipinski definition) is 2. The molecule has 1 saturated heterocycles. The molecule has 0 radical (unpaired) electrons. The summed E-state index contributed by atoms with van der Waals surface area (Å²) in [6.07, 6.45) is 1.17. The first kappa shape index (κ1) is 25.6. The van der Waals surface area contributed by atoms with Crippen molar-refractivity contribution in [1.82, 2.24) is 15.5 Å². The molecule has 8 heteroatoms. The van der Waals surface area contributed by atoms with Crippen LogP contribution in [-0.2, 0) is 14.3 Å². The van der Waals surface area contributed by atoms with Gasteiger partial charge in [0, 0.05) is 31.4 Å². The highest BCUT2D eigenvalue weighted by atomic mass is 16.6. The predicted octanol–water partition coefficient (Wildman–Crippen LogP) is 2.78. The van der Waals surface area contributed by atoms with Gasteiger partial charge in [0.25, 0.3) is 0 Å². The Balaban J connectivity index is 1.80. The van der Waals surface area contributed by atoms with E-state index in [2.05, 4.69) is 15.5 Å². The smallest absolute Gasteiger partial charge is 0.407 e. The molecule has 1 aromatic rings. The molecule has 0 aromatic heterocycles. The van der Waals surface area contributed by atoms with Crippen molar-refractivity contribution in [2.45, 2.75) is 59.1 Å². The van der Waals surface area contributed by atoms with Gasteiger partial charge in [0.05, 0.1) is 12.5 Å². The topological polar surface area (TPSA) is 91.0 Å². The van der Waals surface area contributed by atoms with Crippen molar-refractivity contribution in [2.24, 2.45) is 5.92 Å². The fourth-order valence-electron chi connectivity index (χ4n) is 3.81. The Morgan fingerprint density at radius 3 is 2.41 bits per heavy atom. The standard InChI is InChI=1S/C24H38N4O4/c1-18(2)28(20-11-7-6-8-12-20)21(29)17-27-15-9-10-19(16-27)22(30)25-13-14-26-23(31)32-24(3,4)5/h6-8,11-12,18-19H,9-10,13-17H2,1-5H3,(H,25,30)(H,26,31). The number of amides is 3. The number of nitrogens with zero attached hydrogens (tertiary/aromatic N) is 2. The molecule has 1 aliphatic rings. The predicted molar refractivity (Wildman–Crippen MR) is 125 cm³/mol. The van der Waals surface area contributed by atoms with Gasteiger partial charge in [0.1, 0.15) is 5.60 Å². The number of ether oxygens (including phenoxy) is 1. The second kappa shape index (κ2) is 11.9. The highest BCUT2D eigenvalue weighted by molar-refractivity contribution is 5.95. The Hall–Kier alpha value is -2.61. The summed E-state index contributed by atoms with van der Waals surface area (Å²) in [5.74, 6) is -0.173. The molecule has 2 rings (SSSR count). The first-order valence-electron chi connectivity index (χ1n) is 11.4. The number of anilines is 1. The molecule has 0 spiro atoms. The minimum atomic E-state index is -0.554. The van der Waals surface area contributed by atoms with Crippen LogP contribution in [0.2, 0.25) is 0 Å². The van der Waals surface area contributed by atoms with E-state index in [1.807, 2.05) is 49.1 Å². The Kier molecular flexibility index (Phi) is 9.50. The summed E-state index contributed by atoms with van der Waals surface area (Å²) in [5.41, 5.74) is 0.332. The number of piperidine rings is 1. The number of alkyl carbamates (subject to hydrolysis) is 1. The molecule has 1 aliphatic heterocycles. The number of benzene rings is 1. The monoisotopic (exact) mass is 446 g/mol. The van der Waals surface area contributed by atoms with Crippen molar-refractivity contribution < 1.29 is 19.1 Å². The van der Waals surface area contributed by atoms with Crippen LogP contribution in [0.15, 0.2) is 30.3 Å². The molecular weight excluding hydrogens is 408 g/mol. The van der Waals surface area contributed by atoms with Gasteiger partial charge in [0.15, 0.2) is 0 Å². The number of nitrogens with one attached hydrogen (secondary N) is 2. The average molecular weight is 447 g/mol. The molecule has 2 N–H and O–H groups in total. The van der Waals surface area contributed by atoms with Crippen LogP contribution in [0.5, 0.6) is 0 Å². The summed E-state index contributed by atoms with van der Waals surface area (Å²) in [6, 6.07) is 9.72. The lowest BCUT2D eigenvalue weighted by atomic mass is 9.97. The van der Waals surface area contributed by atoms with Crippen LogP contribution < -0.4 is 15.5 Å². The van der Waals surface area contributed by atoms with Gasteiger partial charge < -0.3 is 20.3 Å². The molecular formula is C24H38N4O4. The maximum absolute atomic E-state index is 13.0. The number of para-hydroxylation sites is 1. The van der Waals surface area contributed by atoms with Crippen LogP contribution in [0, 0.1) is 5.92 Å². The van der Waals surface area contributed by atoms with Crippen LogP contribution in [0.25, 0.3) is 0 Å². The summed E-state index contributed by atoms with van der Waals surface area (Å²) >= 11 is 0. The van der Waals surface area contributed by atoms with E-state index in [1.54, 1.807) is 20.8 Å². The van der Waals surface area contributed by atoms with E-state index < -0.39 is 11.7 Å². The summed E-state index contributed by atoms with van der Waals surface area (Å²) < 4.78 is 5.17. The fourth-order valence-corrected chi connectivity index (χ4v) is 3.81. The van der Waals surface area contributed by atoms with Gasteiger partial charge in [-0.1, -0.05) is 18.2 Å². The van der Waals surface area contributed by atoms with Crippen molar-refractivity contribution >= 4 is 23.6 Å². The third-order valence-corrected chi connectivity index (χ3v) is 5.15. The highest BCUT2D eigenvalue weighted by Gasteiger charge is 2.28.